The molecule has 2 aromatic rings. The van der Waals surface area contributed by atoms with Gasteiger partial charge in [-0.2, -0.15) is 0 Å². The van der Waals surface area contributed by atoms with E-state index in [4.69, 9.17) is 9.15 Å². The summed E-state index contributed by atoms with van der Waals surface area (Å²) in [6.45, 7) is 6.90. The Morgan fingerprint density at radius 1 is 1.29 bits per heavy atom. The molecule has 2 heterocycles. The lowest BCUT2D eigenvalue weighted by Crippen LogP contribution is -2.38. The van der Waals surface area contributed by atoms with Gasteiger partial charge in [0.2, 0.25) is 5.91 Å². The van der Waals surface area contributed by atoms with E-state index in [1.807, 2.05) is 32.0 Å². The van der Waals surface area contributed by atoms with Crippen LogP contribution in [0.2, 0.25) is 0 Å². The van der Waals surface area contributed by atoms with Crippen molar-refractivity contribution in [1.29, 1.82) is 0 Å². The topological polar surface area (TPSA) is 101 Å². The van der Waals surface area contributed by atoms with Crippen molar-refractivity contribution in [2.45, 2.75) is 33.3 Å². The zero-order chi connectivity index (χ0) is 20.0. The molecular formula is C20H29N5O3. The van der Waals surface area contributed by atoms with E-state index in [1.54, 1.807) is 18.5 Å². The van der Waals surface area contributed by atoms with Crippen molar-refractivity contribution in [2.24, 2.45) is 4.99 Å². The lowest BCUT2D eigenvalue weighted by Gasteiger charge is -2.11. The number of nitrogens with one attached hydrogen (secondary N) is 3. The normalized spacial score (nSPS) is 11.3. The standard InChI is InChI=1S/C20H29N5O3/c1-3-21-20(22-10-5-12-27-15-17-6-4-13-28-17)23-11-9-19(26)25-18-8-7-16(2)14-24-18/h4,6-8,13-14H,3,5,9-12,15H2,1-2H3,(H2,21,22,23)(H,24,25,26). The maximum Gasteiger partial charge on any atom is 0.227 e. The molecule has 8 heteroatoms. The summed E-state index contributed by atoms with van der Waals surface area (Å²) < 4.78 is 10.7. The summed E-state index contributed by atoms with van der Waals surface area (Å²) in [6.07, 6.45) is 4.49. The van der Waals surface area contributed by atoms with Crippen molar-refractivity contribution in [3.05, 3.63) is 48.0 Å². The van der Waals surface area contributed by atoms with Crippen molar-refractivity contribution >= 4 is 17.7 Å². The second kappa shape index (κ2) is 12.5. The number of aromatic nitrogens is 1. The highest BCUT2D eigenvalue weighted by molar-refractivity contribution is 5.90. The lowest BCUT2D eigenvalue weighted by molar-refractivity contribution is -0.116. The van der Waals surface area contributed by atoms with Gasteiger partial charge in [0.15, 0.2) is 5.96 Å². The molecule has 8 nitrogen and oxygen atoms in total. The van der Waals surface area contributed by atoms with E-state index in [-0.39, 0.29) is 5.91 Å². The Hall–Kier alpha value is -2.87. The summed E-state index contributed by atoms with van der Waals surface area (Å²) in [4.78, 5) is 20.6. The first-order valence-corrected chi connectivity index (χ1v) is 9.52. The molecule has 1 amide bonds. The van der Waals surface area contributed by atoms with Gasteiger partial charge in [-0.15, -0.1) is 0 Å². The van der Waals surface area contributed by atoms with Crippen LogP contribution < -0.4 is 16.0 Å². The number of guanidine groups is 1. The Morgan fingerprint density at radius 3 is 2.89 bits per heavy atom. The number of carbonyl (C=O) groups is 1. The Labute approximate surface area is 165 Å². The molecular weight excluding hydrogens is 358 g/mol. The monoisotopic (exact) mass is 387 g/mol. The van der Waals surface area contributed by atoms with Crippen LogP contribution >= 0.6 is 0 Å². The molecule has 3 N–H and O–H groups in total. The number of nitrogens with zero attached hydrogens (tertiary/aromatic N) is 2. The number of ether oxygens (including phenoxy) is 1. The van der Waals surface area contributed by atoms with Crippen LogP contribution in [0.25, 0.3) is 0 Å². The fourth-order valence-corrected chi connectivity index (χ4v) is 2.31. The average Bonchev–Trinajstić information content (AvgIpc) is 3.20. The molecule has 0 aliphatic rings. The maximum absolute atomic E-state index is 12.0. The summed E-state index contributed by atoms with van der Waals surface area (Å²) in [7, 11) is 0. The van der Waals surface area contributed by atoms with Crippen LogP contribution in [0.3, 0.4) is 0 Å². The van der Waals surface area contributed by atoms with Gasteiger partial charge in [0, 0.05) is 38.9 Å². The number of amides is 1. The van der Waals surface area contributed by atoms with Gasteiger partial charge in [0.1, 0.15) is 18.2 Å². The van der Waals surface area contributed by atoms with Crippen LogP contribution in [-0.2, 0) is 16.1 Å². The largest absolute Gasteiger partial charge is 0.467 e. The SMILES string of the molecule is CCNC(=NCCCOCc1ccco1)NCCC(=O)Nc1ccc(C)cn1. The molecule has 0 aliphatic carbocycles. The third-order valence-corrected chi connectivity index (χ3v) is 3.71. The van der Waals surface area contributed by atoms with Crippen molar-refractivity contribution in [2.75, 3.05) is 31.6 Å². The van der Waals surface area contributed by atoms with Crippen LogP contribution in [0.5, 0.6) is 0 Å². The number of aliphatic imine (C=N–C) groups is 1. The number of carbonyl (C=O) groups excluding carboxylic acids is 1. The van der Waals surface area contributed by atoms with Gasteiger partial charge in [-0.3, -0.25) is 9.79 Å². The summed E-state index contributed by atoms with van der Waals surface area (Å²) >= 11 is 0. The zero-order valence-electron chi connectivity index (χ0n) is 16.5. The van der Waals surface area contributed by atoms with Gasteiger partial charge in [-0.25, -0.2) is 4.98 Å². The number of pyridine rings is 1. The summed E-state index contributed by atoms with van der Waals surface area (Å²) in [5, 5.41) is 9.10. The predicted octanol–water partition coefficient (Wildman–Crippen LogP) is 2.47. The first-order valence-electron chi connectivity index (χ1n) is 9.52. The quantitative estimate of drug-likeness (QED) is 0.311. The molecule has 0 saturated heterocycles. The first-order chi connectivity index (χ1) is 13.7. The molecule has 0 aromatic carbocycles. The minimum atomic E-state index is -0.0916. The second-order valence-electron chi connectivity index (χ2n) is 6.19. The van der Waals surface area contributed by atoms with E-state index in [9.17, 15) is 4.79 Å². The molecule has 0 bridgehead atoms. The lowest BCUT2D eigenvalue weighted by atomic mass is 10.3. The minimum absolute atomic E-state index is 0.0916. The molecule has 0 fully saturated rings. The summed E-state index contributed by atoms with van der Waals surface area (Å²) in [6, 6.07) is 7.43. The van der Waals surface area contributed by atoms with Crippen LogP contribution in [0, 0.1) is 6.92 Å². The average molecular weight is 387 g/mol. The third-order valence-electron chi connectivity index (χ3n) is 3.71. The highest BCUT2D eigenvalue weighted by Gasteiger charge is 2.04. The van der Waals surface area contributed by atoms with Crippen LogP contribution in [0.4, 0.5) is 5.82 Å². The van der Waals surface area contributed by atoms with Gasteiger partial charge >= 0.3 is 0 Å². The van der Waals surface area contributed by atoms with Crippen molar-refractivity contribution in [3.63, 3.8) is 0 Å². The molecule has 28 heavy (non-hydrogen) atoms. The van der Waals surface area contributed by atoms with Crippen molar-refractivity contribution in [3.8, 4) is 0 Å². The van der Waals surface area contributed by atoms with E-state index < -0.39 is 0 Å². The number of rotatable bonds is 11. The van der Waals surface area contributed by atoms with E-state index >= 15 is 0 Å². The van der Waals surface area contributed by atoms with E-state index in [0.29, 0.717) is 44.5 Å². The third kappa shape index (κ3) is 8.68. The predicted molar refractivity (Wildman–Crippen MR) is 109 cm³/mol. The van der Waals surface area contributed by atoms with E-state index in [2.05, 4.69) is 25.9 Å². The van der Waals surface area contributed by atoms with Gasteiger partial charge in [0.25, 0.3) is 0 Å². The molecule has 152 valence electrons. The summed E-state index contributed by atoms with van der Waals surface area (Å²) in [5.41, 5.74) is 1.05. The fourth-order valence-electron chi connectivity index (χ4n) is 2.31. The first kappa shape index (κ1) is 21.4. The smallest absolute Gasteiger partial charge is 0.227 e. The number of furan rings is 1. The Bertz CT molecular complexity index is 714. The molecule has 0 spiro atoms. The second-order valence-corrected chi connectivity index (χ2v) is 6.19. The Balaban J connectivity index is 1.61. The van der Waals surface area contributed by atoms with Crippen LogP contribution in [0.15, 0.2) is 46.1 Å². The van der Waals surface area contributed by atoms with Crippen molar-refractivity contribution < 1.29 is 13.9 Å². The van der Waals surface area contributed by atoms with Crippen LogP contribution in [-0.4, -0.2) is 43.1 Å². The molecule has 0 atom stereocenters. The Kier molecular flexibility index (Phi) is 9.57. The molecule has 2 rings (SSSR count). The molecule has 0 aliphatic heterocycles. The zero-order valence-corrected chi connectivity index (χ0v) is 16.5. The number of anilines is 1. The highest BCUT2D eigenvalue weighted by Crippen LogP contribution is 2.04. The van der Waals surface area contributed by atoms with Crippen LogP contribution in [0.1, 0.15) is 31.1 Å². The number of hydrogen-bond donors (Lipinski definition) is 3. The van der Waals surface area contributed by atoms with E-state index in [1.165, 1.54) is 0 Å². The van der Waals surface area contributed by atoms with Gasteiger partial charge in [-0.1, -0.05) is 6.07 Å². The van der Waals surface area contributed by atoms with Crippen molar-refractivity contribution in [1.82, 2.24) is 15.6 Å². The van der Waals surface area contributed by atoms with E-state index in [0.717, 1.165) is 24.3 Å². The summed E-state index contributed by atoms with van der Waals surface area (Å²) in [5.74, 6) is 1.98. The highest BCUT2D eigenvalue weighted by atomic mass is 16.5. The molecule has 0 saturated carbocycles. The van der Waals surface area contributed by atoms with Gasteiger partial charge < -0.3 is 25.1 Å². The fraction of sp³-hybridized carbons (Fsp3) is 0.450. The maximum atomic E-state index is 12.0. The minimum Gasteiger partial charge on any atom is -0.467 e. The molecule has 0 unspecified atom stereocenters. The Morgan fingerprint density at radius 2 is 2.18 bits per heavy atom. The molecule has 2 aromatic heterocycles. The number of aryl methyl sites for hydroxylation is 1. The van der Waals surface area contributed by atoms with Gasteiger partial charge in [-0.05, 0) is 44.0 Å². The number of hydrogen-bond acceptors (Lipinski definition) is 5. The van der Waals surface area contributed by atoms with Gasteiger partial charge in [0.05, 0.1) is 6.26 Å². The molecule has 0 radical (unpaired) electrons.